The van der Waals surface area contributed by atoms with Gasteiger partial charge in [0.15, 0.2) is 5.79 Å². The number of hydrogen-bond acceptors (Lipinski definition) is 4. The molecule has 158 valence electrons. The second-order valence-electron chi connectivity index (χ2n) is 8.94. The first-order valence-corrected chi connectivity index (χ1v) is 10.9. The normalized spacial score (nSPS) is 28.1. The number of fused-ring (bicyclic) bond motifs is 2. The molecule has 2 heterocycles. The van der Waals surface area contributed by atoms with Crippen LogP contribution >= 0.6 is 0 Å². The number of carbonyl (C=O) groups is 2. The van der Waals surface area contributed by atoms with Gasteiger partial charge >= 0.3 is 0 Å². The molecule has 1 aliphatic carbocycles. The average Bonchev–Trinajstić information content (AvgIpc) is 3.31. The Balaban J connectivity index is 1.69. The van der Waals surface area contributed by atoms with Crippen molar-refractivity contribution in [2.24, 2.45) is 5.92 Å². The minimum atomic E-state index is -0.681. The molecule has 6 nitrogen and oxygen atoms in total. The molecule has 2 amide bonds. The fourth-order valence-electron chi connectivity index (χ4n) is 4.86. The van der Waals surface area contributed by atoms with Gasteiger partial charge in [0, 0.05) is 24.6 Å². The number of nitrogens with one attached hydrogen (secondary N) is 1. The lowest BCUT2D eigenvalue weighted by atomic mass is 10.0. The van der Waals surface area contributed by atoms with Crippen molar-refractivity contribution in [1.29, 1.82) is 0 Å². The van der Waals surface area contributed by atoms with Gasteiger partial charge in [-0.3, -0.25) is 9.59 Å². The fraction of sp³-hybridized carbons (Fsp3) is 0.652. The van der Waals surface area contributed by atoms with Crippen LogP contribution in [0.3, 0.4) is 0 Å². The zero-order valence-corrected chi connectivity index (χ0v) is 17.5. The molecule has 1 saturated carbocycles. The fourth-order valence-corrected chi connectivity index (χ4v) is 4.86. The van der Waals surface area contributed by atoms with E-state index in [4.69, 9.17) is 9.47 Å². The molecule has 1 aromatic rings. The van der Waals surface area contributed by atoms with Crippen LogP contribution < -0.4 is 10.2 Å². The van der Waals surface area contributed by atoms with Gasteiger partial charge in [0.25, 0.3) is 0 Å². The Bertz CT molecular complexity index is 757. The maximum Gasteiger partial charge on any atom is 0.230 e. The lowest BCUT2D eigenvalue weighted by Crippen LogP contribution is -2.44. The summed E-state index contributed by atoms with van der Waals surface area (Å²) in [7, 11) is 0. The Morgan fingerprint density at radius 3 is 2.59 bits per heavy atom. The second kappa shape index (κ2) is 8.44. The molecule has 2 fully saturated rings. The summed E-state index contributed by atoms with van der Waals surface area (Å²) in [5, 5.41) is 3.01. The molecule has 0 aromatic heterocycles. The smallest absolute Gasteiger partial charge is 0.230 e. The molecule has 1 N–H and O–H groups in total. The molecule has 3 aliphatic rings. The predicted octanol–water partition coefficient (Wildman–Crippen LogP) is 3.53. The van der Waals surface area contributed by atoms with E-state index < -0.39 is 5.79 Å². The minimum Gasteiger partial charge on any atom is -0.352 e. The zero-order chi connectivity index (χ0) is 20.4. The van der Waals surface area contributed by atoms with Crippen molar-refractivity contribution in [2.45, 2.75) is 83.3 Å². The van der Waals surface area contributed by atoms with Crippen molar-refractivity contribution in [2.75, 3.05) is 11.4 Å². The van der Waals surface area contributed by atoms with Crippen molar-refractivity contribution < 1.29 is 19.1 Å². The van der Waals surface area contributed by atoms with E-state index in [1.165, 1.54) is 0 Å². The summed E-state index contributed by atoms with van der Waals surface area (Å²) in [4.78, 5) is 27.7. The second-order valence-corrected chi connectivity index (χ2v) is 8.94. The number of ether oxygens (including phenoxy) is 2. The first-order chi connectivity index (χ1) is 13.9. The monoisotopic (exact) mass is 400 g/mol. The predicted molar refractivity (Wildman–Crippen MR) is 110 cm³/mol. The summed E-state index contributed by atoms with van der Waals surface area (Å²) >= 11 is 0. The van der Waals surface area contributed by atoms with E-state index in [0.29, 0.717) is 19.5 Å². The van der Waals surface area contributed by atoms with Crippen LogP contribution in [-0.2, 0) is 25.6 Å². The van der Waals surface area contributed by atoms with Gasteiger partial charge in [-0.1, -0.05) is 31.0 Å². The molecule has 29 heavy (non-hydrogen) atoms. The van der Waals surface area contributed by atoms with Gasteiger partial charge in [-0.2, -0.15) is 0 Å². The van der Waals surface area contributed by atoms with Gasteiger partial charge in [0.05, 0.1) is 12.6 Å². The maximum absolute atomic E-state index is 13.5. The molecule has 2 atom stereocenters. The van der Waals surface area contributed by atoms with Crippen molar-refractivity contribution in [3.05, 3.63) is 29.8 Å². The molecule has 2 aliphatic heterocycles. The SMILES string of the molecule is CC1(C)O[C@H]2CCCC(=O)NCc3ccccc3N(C(=O)C3CCCC3)C[C@H]2O1. The number of nitrogens with zero attached hydrogens (tertiary/aromatic N) is 1. The van der Waals surface area contributed by atoms with Gasteiger partial charge in [-0.25, -0.2) is 0 Å². The summed E-state index contributed by atoms with van der Waals surface area (Å²) in [6.07, 6.45) is 5.76. The van der Waals surface area contributed by atoms with Gasteiger partial charge in [-0.15, -0.1) is 0 Å². The summed E-state index contributed by atoms with van der Waals surface area (Å²) in [6.45, 7) is 4.75. The highest BCUT2D eigenvalue weighted by atomic mass is 16.8. The van der Waals surface area contributed by atoms with Crippen LogP contribution in [0.2, 0.25) is 0 Å². The molecule has 1 aromatic carbocycles. The lowest BCUT2D eigenvalue weighted by Gasteiger charge is -2.31. The summed E-state index contributed by atoms with van der Waals surface area (Å²) in [5.41, 5.74) is 1.83. The quantitative estimate of drug-likeness (QED) is 0.783. The van der Waals surface area contributed by atoms with Crippen LogP contribution in [0.5, 0.6) is 0 Å². The highest BCUT2D eigenvalue weighted by Gasteiger charge is 2.43. The molecule has 0 radical (unpaired) electrons. The number of para-hydroxylation sites is 1. The third kappa shape index (κ3) is 4.64. The average molecular weight is 401 g/mol. The number of rotatable bonds is 1. The standard InChI is InChI=1S/C23H32N2O4/c1-23(2)28-19-12-7-13-21(26)24-14-17-10-5-6-11-18(17)25(15-20(19)29-23)22(27)16-8-3-4-9-16/h5-6,10-11,16,19-20H,3-4,7-9,12-15H2,1-2H3,(H,24,26)/t19-,20+/m0/s1. The van der Waals surface area contributed by atoms with Crippen molar-refractivity contribution >= 4 is 17.5 Å². The van der Waals surface area contributed by atoms with E-state index in [1.807, 2.05) is 43.0 Å². The van der Waals surface area contributed by atoms with Crippen LogP contribution in [-0.4, -0.2) is 36.4 Å². The van der Waals surface area contributed by atoms with Crippen molar-refractivity contribution in [3.63, 3.8) is 0 Å². The highest BCUT2D eigenvalue weighted by Crippen LogP contribution is 2.35. The van der Waals surface area contributed by atoms with Crippen molar-refractivity contribution in [1.82, 2.24) is 5.32 Å². The molecule has 0 spiro atoms. The molecule has 1 saturated heterocycles. The first kappa shape index (κ1) is 20.4. The number of hydrogen-bond donors (Lipinski definition) is 1. The largest absolute Gasteiger partial charge is 0.352 e. The number of benzene rings is 1. The van der Waals surface area contributed by atoms with Gasteiger partial charge < -0.3 is 19.7 Å². The van der Waals surface area contributed by atoms with Gasteiger partial charge in [0.1, 0.15) is 6.10 Å². The van der Waals surface area contributed by atoms with Crippen LogP contribution in [0.25, 0.3) is 0 Å². The van der Waals surface area contributed by atoms with E-state index in [1.54, 1.807) is 0 Å². The molecule has 0 unspecified atom stereocenters. The van der Waals surface area contributed by atoms with E-state index in [-0.39, 0.29) is 29.9 Å². The molecule has 0 bridgehead atoms. The topological polar surface area (TPSA) is 67.9 Å². The Kier molecular flexibility index (Phi) is 5.93. The summed E-state index contributed by atoms with van der Waals surface area (Å²) < 4.78 is 12.4. The summed E-state index contributed by atoms with van der Waals surface area (Å²) in [5.74, 6) is -0.409. The number of amides is 2. The van der Waals surface area contributed by atoms with E-state index in [9.17, 15) is 9.59 Å². The van der Waals surface area contributed by atoms with E-state index >= 15 is 0 Å². The van der Waals surface area contributed by atoms with Gasteiger partial charge in [0.2, 0.25) is 11.8 Å². The third-order valence-electron chi connectivity index (χ3n) is 6.27. The molecular formula is C23H32N2O4. The zero-order valence-electron chi connectivity index (χ0n) is 17.5. The van der Waals surface area contributed by atoms with Crippen LogP contribution in [0.4, 0.5) is 5.69 Å². The van der Waals surface area contributed by atoms with E-state index in [2.05, 4.69) is 5.32 Å². The Morgan fingerprint density at radius 2 is 1.79 bits per heavy atom. The Morgan fingerprint density at radius 1 is 1.07 bits per heavy atom. The summed E-state index contributed by atoms with van der Waals surface area (Å²) in [6, 6.07) is 7.88. The first-order valence-electron chi connectivity index (χ1n) is 10.9. The minimum absolute atomic E-state index is 0.0313. The maximum atomic E-state index is 13.5. The number of carbonyl (C=O) groups excluding carboxylic acids is 2. The third-order valence-corrected chi connectivity index (χ3v) is 6.27. The van der Waals surface area contributed by atoms with Gasteiger partial charge in [-0.05, 0) is 51.2 Å². The van der Waals surface area contributed by atoms with Crippen LogP contribution in [0, 0.1) is 5.92 Å². The molecular weight excluding hydrogens is 368 g/mol. The molecule has 6 heteroatoms. The van der Waals surface area contributed by atoms with Crippen molar-refractivity contribution in [3.8, 4) is 0 Å². The lowest BCUT2D eigenvalue weighted by molar-refractivity contribution is -0.146. The Hall–Kier alpha value is -1.92. The Labute approximate surface area is 172 Å². The number of anilines is 1. The van der Waals surface area contributed by atoms with Crippen LogP contribution in [0.1, 0.15) is 64.4 Å². The molecule has 4 rings (SSSR count). The van der Waals surface area contributed by atoms with Crippen LogP contribution in [0.15, 0.2) is 24.3 Å². The van der Waals surface area contributed by atoms with E-state index in [0.717, 1.165) is 49.8 Å². The highest BCUT2D eigenvalue weighted by molar-refractivity contribution is 5.96.